The summed E-state index contributed by atoms with van der Waals surface area (Å²) in [7, 11) is -3.52. The number of carbonyl (C=O) groups excluding carboxylic acids is 1. The van der Waals surface area contributed by atoms with Crippen LogP contribution < -0.4 is 5.32 Å². The van der Waals surface area contributed by atoms with Crippen LogP contribution in [0.25, 0.3) is 0 Å². The first-order valence-corrected chi connectivity index (χ1v) is 9.33. The van der Waals surface area contributed by atoms with E-state index in [0.717, 1.165) is 12.1 Å². The molecule has 0 unspecified atom stereocenters. The summed E-state index contributed by atoms with van der Waals surface area (Å²) in [4.78, 5) is 11.5. The van der Waals surface area contributed by atoms with Crippen molar-refractivity contribution < 1.29 is 13.2 Å². The molecule has 0 amide bonds. The standard InChI is InChI=1S/C18H20N2O3S/c1-14(21)15-7-9-18(10-8-15)24(22,23)20-12-11-17(13-20)19-16-5-3-2-4-6-16/h2-10,17,19H,11-13H2,1H3/t17-/m0/s1. The first-order chi connectivity index (χ1) is 11.5. The minimum absolute atomic E-state index is 0.0766. The number of carbonyl (C=O) groups is 1. The normalized spacial score (nSPS) is 18.5. The second-order valence-corrected chi connectivity index (χ2v) is 7.88. The maximum Gasteiger partial charge on any atom is 0.243 e. The third-order valence-corrected chi connectivity index (χ3v) is 6.07. The Balaban J connectivity index is 1.71. The van der Waals surface area contributed by atoms with Crippen LogP contribution in [-0.4, -0.2) is 37.6 Å². The fraction of sp³-hybridized carbons (Fsp3) is 0.278. The number of anilines is 1. The smallest absolute Gasteiger partial charge is 0.243 e. The number of nitrogens with one attached hydrogen (secondary N) is 1. The monoisotopic (exact) mass is 344 g/mol. The highest BCUT2D eigenvalue weighted by Gasteiger charge is 2.32. The van der Waals surface area contributed by atoms with E-state index in [9.17, 15) is 13.2 Å². The third-order valence-electron chi connectivity index (χ3n) is 4.19. The van der Waals surface area contributed by atoms with Gasteiger partial charge in [-0.3, -0.25) is 4.79 Å². The largest absolute Gasteiger partial charge is 0.381 e. The van der Waals surface area contributed by atoms with Crippen molar-refractivity contribution in [2.24, 2.45) is 0 Å². The Kier molecular flexibility index (Phi) is 4.69. The first-order valence-electron chi connectivity index (χ1n) is 7.89. The van der Waals surface area contributed by atoms with Crippen molar-refractivity contribution in [2.45, 2.75) is 24.3 Å². The highest BCUT2D eigenvalue weighted by Crippen LogP contribution is 2.23. The zero-order valence-corrected chi connectivity index (χ0v) is 14.3. The summed E-state index contributed by atoms with van der Waals surface area (Å²) in [5.74, 6) is -0.0766. The van der Waals surface area contributed by atoms with Crippen LogP contribution in [0.4, 0.5) is 5.69 Å². The highest BCUT2D eigenvalue weighted by molar-refractivity contribution is 7.89. The fourth-order valence-corrected chi connectivity index (χ4v) is 4.35. The third kappa shape index (κ3) is 3.49. The van der Waals surface area contributed by atoms with Crippen molar-refractivity contribution in [3.8, 4) is 0 Å². The molecule has 0 saturated carbocycles. The lowest BCUT2D eigenvalue weighted by molar-refractivity contribution is 0.101. The van der Waals surface area contributed by atoms with Crippen LogP contribution in [0.15, 0.2) is 59.5 Å². The predicted octanol–water partition coefficient (Wildman–Crippen LogP) is 2.76. The molecule has 2 aromatic carbocycles. The van der Waals surface area contributed by atoms with E-state index < -0.39 is 10.0 Å². The van der Waals surface area contributed by atoms with Gasteiger partial charge < -0.3 is 5.32 Å². The van der Waals surface area contributed by atoms with Gasteiger partial charge in [-0.05, 0) is 37.6 Å². The Morgan fingerprint density at radius 2 is 1.75 bits per heavy atom. The predicted molar refractivity (Wildman–Crippen MR) is 93.7 cm³/mol. The Morgan fingerprint density at radius 3 is 2.38 bits per heavy atom. The van der Waals surface area contributed by atoms with E-state index in [1.54, 1.807) is 12.1 Å². The first kappa shape index (κ1) is 16.7. The van der Waals surface area contributed by atoms with Crippen molar-refractivity contribution in [1.29, 1.82) is 0 Å². The van der Waals surface area contributed by atoms with E-state index in [1.165, 1.54) is 23.4 Å². The van der Waals surface area contributed by atoms with Crippen molar-refractivity contribution in [1.82, 2.24) is 4.31 Å². The Bertz CT molecular complexity index is 817. The summed E-state index contributed by atoms with van der Waals surface area (Å²) in [6, 6.07) is 16.0. The van der Waals surface area contributed by atoms with Gasteiger partial charge in [0, 0.05) is 30.4 Å². The molecule has 0 aliphatic carbocycles. The molecular formula is C18H20N2O3S. The quantitative estimate of drug-likeness (QED) is 0.847. The Morgan fingerprint density at radius 1 is 1.08 bits per heavy atom. The highest BCUT2D eigenvalue weighted by atomic mass is 32.2. The van der Waals surface area contributed by atoms with Crippen LogP contribution in [0.2, 0.25) is 0 Å². The molecule has 0 bridgehead atoms. The molecule has 1 heterocycles. The molecule has 126 valence electrons. The molecule has 1 fully saturated rings. The average molecular weight is 344 g/mol. The lowest BCUT2D eigenvalue weighted by Crippen LogP contribution is -2.31. The summed E-state index contributed by atoms with van der Waals surface area (Å²) < 4.78 is 27.0. The topological polar surface area (TPSA) is 66.5 Å². The summed E-state index contributed by atoms with van der Waals surface area (Å²) in [6.45, 7) is 2.39. The number of Topliss-reactive ketones (excluding diaryl/α,β-unsaturated/α-hetero) is 1. The van der Waals surface area contributed by atoms with Crippen LogP contribution in [0, 0.1) is 0 Å². The van der Waals surface area contributed by atoms with Crippen molar-refractivity contribution in [2.75, 3.05) is 18.4 Å². The molecule has 1 saturated heterocycles. The molecule has 0 spiro atoms. The molecule has 0 aromatic heterocycles. The zero-order valence-electron chi connectivity index (χ0n) is 13.5. The molecule has 1 aliphatic rings. The van der Waals surface area contributed by atoms with Crippen LogP contribution in [-0.2, 0) is 10.0 Å². The van der Waals surface area contributed by atoms with Gasteiger partial charge in [-0.2, -0.15) is 4.31 Å². The number of rotatable bonds is 5. The Labute approximate surface area is 142 Å². The van der Waals surface area contributed by atoms with E-state index in [0.29, 0.717) is 18.7 Å². The van der Waals surface area contributed by atoms with E-state index in [-0.39, 0.29) is 16.7 Å². The van der Waals surface area contributed by atoms with Crippen molar-refractivity contribution >= 4 is 21.5 Å². The molecule has 1 aliphatic heterocycles. The molecule has 6 heteroatoms. The average Bonchev–Trinajstić information content (AvgIpc) is 3.05. The van der Waals surface area contributed by atoms with E-state index in [4.69, 9.17) is 0 Å². The second-order valence-electron chi connectivity index (χ2n) is 5.94. The zero-order chi connectivity index (χ0) is 17.2. The summed E-state index contributed by atoms with van der Waals surface area (Å²) in [5, 5.41) is 3.37. The lowest BCUT2D eigenvalue weighted by Gasteiger charge is -2.18. The second kappa shape index (κ2) is 6.75. The van der Waals surface area contributed by atoms with E-state index in [2.05, 4.69) is 5.32 Å². The molecule has 2 aromatic rings. The van der Waals surface area contributed by atoms with Gasteiger partial charge in [0.15, 0.2) is 5.78 Å². The molecule has 3 rings (SSSR count). The fourth-order valence-electron chi connectivity index (χ4n) is 2.85. The van der Waals surface area contributed by atoms with Crippen LogP contribution in [0.3, 0.4) is 0 Å². The number of sulfonamides is 1. The number of benzene rings is 2. The molecular weight excluding hydrogens is 324 g/mol. The number of hydrogen-bond donors (Lipinski definition) is 1. The van der Waals surface area contributed by atoms with Crippen LogP contribution in [0.1, 0.15) is 23.7 Å². The summed E-state index contributed by atoms with van der Waals surface area (Å²) in [6.07, 6.45) is 0.764. The maximum atomic E-state index is 12.7. The van der Waals surface area contributed by atoms with Gasteiger partial charge in [0.25, 0.3) is 0 Å². The van der Waals surface area contributed by atoms with Crippen molar-refractivity contribution in [3.05, 3.63) is 60.2 Å². The minimum atomic E-state index is -3.52. The SMILES string of the molecule is CC(=O)c1ccc(S(=O)(=O)N2CC[C@H](Nc3ccccc3)C2)cc1. The van der Waals surface area contributed by atoms with Gasteiger partial charge in [-0.1, -0.05) is 30.3 Å². The van der Waals surface area contributed by atoms with E-state index >= 15 is 0 Å². The Hall–Kier alpha value is -2.18. The molecule has 24 heavy (non-hydrogen) atoms. The molecule has 1 atom stereocenters. The van der Waals surface area contributed by atoms with Crippen molar-refractivity contribution in [3.63, 3.8) is 0 Å². The number of ketones is 1. The van der Waals surface area contributed by atoms with Crippen LogP contribution >= 0.6 is 0 Å². The van der Waals surface area contributed by atoms with Gasteiger partial charge in [0.05, 0.1) is 4.90 Å². The molecule has 5 nitrogen and oxygen atoms in total. The minimum Gasteiger partial charge on any atom is -0.381 e. The summed E-state index contributed by atoms with van der Waals surface area (Å²) >= 11 is 0. The number of hydrogen-bond acceptors (Lipinski definition) is 4. The maximum absolute atomic E-state index is 12.7. The van der Waals surface area contributed by atoms with Crippen LogP contribution in [0.5, 0.6) is 0 Å². The number of nitrogens with zero attached hydrogens (tertiary/aromatic N) is 1. The van der Waals surface area contributed by atoms with Gasteiger partial charge in [-0.25, -0.2) is 8.42 Å². The molecule has 1 N–H and O–H groups in total. The van der Waals surface area contributed by atoms with Gasteiger partial charge in [0.2, 0.25) is 10.0 Å². The van der Waals surface area contributed by atoms with Gasteiger partial charge >= 0.3 is 0 Å². The summed E-state index contributed by atoms with van der Waals surface area (Å²) in [5.41, 5.74) is 1.51. The lowest BCUT2D eigenvalue weighted by atomic mass is 10.2. The van der Waals surface area contributed by atoms with Gasteiger partial charge in [0.1, 0.15) is 0 Å². The van der Waals surface area contributed by atoms with Gasteiger partial charge in [-0.15, -0.1) is 0 Å². The van der Waals surface area contributed by atoms with E-state index in [1.807, 2.05) is 30.3 Å². The number of para-hydroxylation sites is 1. The molecule has 0 radical (unpaired) electrons.